The molecule has 0 heterocycles. The van der Waals surface area contributed by atoms with E-state index < -0.39 is 5.60 Å². The maximum Gasteiger partial charge on any atom is 0.0681 e. The standard InChI is InChI=1S/C24H46O/c1-4-6-18-23(3,21-14-10-8-11-15-21)20-24(25,19-7-5-2)22-16-12-9-13-17-22/h21-22,25H,4-20H2,1-3H3. The van der Waals surface area contributed by atoms with Crippen molar-refractivity contribution in [2.75, 3.05) is 0 Å². The second-order valence-corrected chi connectivity index (χ2v) is 9.81. The minimum Gasteiger partial charge on any atom is -0.390 e. The van der Waals surface area contributed by atoms with Crippen molar-refractivity contribution in [1.82, 2.24) is 0 Å². The van der Waals surface area contributed by atoms with Crippen LogP contribution in [0, 0.1) is 17.3 Å². The molecule has 25 heavy (non-hydrogen) atoms. The molecular formula is C24H46O. The molecule has 2 saturated carbocycles. The predicted molar refractivity (Wildman–Crippen MR) is 110 cm³/mol. The first-order chi connectivity index (χ1) is 12.0. The zero-order valence-electron chi connectivity index (χ0n) is 17.6. The van der Waals surface area contributed by atoms with Crippen LogP contribution in [0.3, 0.4) is 0 Å². The van der Waals surface area contributed by atoms with Gasteiger partial charge in [0.25, 0.3) is 0 Å². The first kappa shape index (κ1) is 21.3. The number of rotatable bonds is 10. The summed E-state index contributed by atoms with van der Waals surface area (Å²) in [5.74, 6) is 1.42. The Bertz CT molecular complexity index is 319. The molecule has 0 amide bonds. The van der Waals surface area contributed by atoms with Crippen molar-refractivity contribution in [2.45, 2.75) is 136 Å². The molecule has 0 spiro atoms. The summed E-state index contributed by atoms with van der Waals surface area (Å²) >= 11 is 0. The quantitative estimate of drug-likeness (QED) is 0.429. The highest BCUT2D eigenvalue weighted by molar-refractivity contribution is 4.96. The smallest absolute Gasteiger partial charge is 0.0681 e. The zero-order chi connectivity index (χ0) is 18.2. The molecule has 0 bridgehead atoms. The molecule has 2 rings (SSSR count). The van der Waals surface area contributed by atoms with Crippen molar-refractivity contribution in [3.8, 4) is 0 Å². The lowest BCUT2D eigenvalue weighted by Crippen LogP contribution is -2.46. The third-order valence-electron chi connectivity index (χ3n) is 7.73. The van der Waals surface area contributed by atoms with Crippen LogP contribution in [0.15, 0.2) is 0 Å². The fourth-order valence-corrected chi connectivity index (χ4v) is 6.08. The molecule has 2 fully saturated rings. The van der Waals surface area contributed by atoms with Crippen molar-refractivity contribution in [3.05, 3.63) is 0 Å². The first-order valence-electron chi connectivity index (χ1n) is 11.8. The van der Waals surface area contributed by atoms with Gasteiger partial charge in [0.2, 0.25) is 0 Å². The highest BCUT2D eigenvalue weighted by atomic mass is 16.3. The Hall–Kier alpha value is -0.0400. The monoisotopic (exact) mass is 350 g/mol. The van der Waals surface area contributed by atoms with Gasteiger partial charge in [0.05, 0.1) is 5.60 Å². The van der Waals surface area contributed by atoms with E-state index in [0.29, 0.717) is 11.3 Å². The lowest BCUT2D eigenvalue weighted by molar-refractivity contribution is -0.0912. The van der Waals surface area contributed by atoms with Crippen LogP contribution in [0.1, 0.15) is 130 Å². The molecule has 1 N–H and O–H groups in total. The van der Waals surface area contributed by atoms with E-state index in [-0.39, 0.29) is 0 Å². The lowest BCUT2D eigenvalue weighted by Gasteiger charge is -2.48. The molecule has 0 radical (unpaired) electrons. The Morgan fingerprint density at radius 1 is 0.720 bits per heavy atom. The van der Waals surface area contributed by atoms with E-state index in [1.54, 1.807) is 0 Å². The van der Waals surface area contributed by atoms with Crippen LogP contribution in [-0.2, 0) is 0 Å². The molecule has 2 unspecified atom stereocenters. The second kappa shape index (κ2) is 10.3. The maximum absolute atomic E-state index is 11.9. The Kier molecular flexibility index (Phi) is 8.79. The largest absolute Gasteiger partial charge is 0.390 e. The van der Waals surface area contributed by atoms with Gasteiger partial charge in [-0.05, 0) is 62.2 Å². The van der Waals surface area contributed by atoms with E-state index in [0.717, 1.165) is 18.8 Å². The topological polar surface area (TPSA) is 20.2 Å². The van der Waals surface area contributed by atoms with Crippen LogP contribution in [-0.4, -0.2) is 10.7 Å². The van der Waals surface area contributed by atoms with Crippen molar-refractivity contribution >= 4 is 0 Å². The van der Waals surface area contributed by atoms with Crippen LogP contribution in [0.5, 0.6) is 0 Å². The van der Waals surface area contributed by atoms with Gasteiger partial charge >= 0.3 is 0 Å². The van der Waals surface area contributed by atoms with E-state index in [9.17, 15) is 5.11 Å². The molecule has 0 aliphatic heterocycles. The van der Waals surface area contributed by atoms with Gasteiger partial charge in [0, 0.05) is 0 Å². The highest BCUT2D eigenvalue weighted by Gasteiger charge is 2.45. The molecule has 0 saturated heterocycles. The lowest BCUT2D eigenvalue weighted by atomic mass is 9.59. The van der Waals surface area contributed by atoms with Crippen LogP contribution >= 0.6 is 0 Å². The Morgan fingerprint density at radius 2 is 1.20 bits per heavy atom. The van der Waals surface area contributed by atoms with Gasteiger partial charge in [-0.1, -0.05) is 85.0 Å². The average molecular weight is 351 g/mol. The van der Waals surface area contributed by atoms with E-state index in [1.165, 1.54) is 96.3 Å². The van der Waals surface area contributed by atoms with Crippen molar-refractivity contribution in [3.63, 3.8) is 0 Å². The Balaban J connectivity index is 2.16. The van der Waals surface area contributed by atoms with Gasteiger partial charge in [-0.3, -0.25) is 0 Å². The SMILES string of the molecule is CCCCC(C)(CC(O)(CCCC)C1CCCCC1)C1CCCCC1. The third-order valence-corrected chi connectivity index (χ3v) is 7.73. The van der Waals surface area contributed by atoms with Gasteiger partial charge in [0.1, 0.15) is 0 Å². The minimum atomic E-state index is -0.392. The van der Waals surface area contributed by atoms with Gasteiger partial charge in [-0.25, -0.2) is 0 Å². The van der Waals surface area contributed by atoms with Crippen LogP contribution in [0.2, 0.25) is 0 Å². The summed E-state index contributed by atoms with van der Waals surface area (Å²) in [6.45, 7) is 7.16. The molecule has 0 aromatic carbocycles. The van der Waals surface area contributed by atoms with Crippen molar-refractivity contribution in [2.24, 2.45) is 17.3 Å². The fraction of sp³-hybridized carbons (Fsp3) is 1.00. The summed E-state index contributed by atoms with van der Waals surface area (Å²) in [7, 11) is 0. The molecule has 2 aliphatic carbocycles. The van der Waals surface area contributed by atoms with E-state index in [2.05, 4.69) is 20.8 Å². The van der Waals surface area contributed by atoms with E-state index in [1.807, 2.05) is 0 Å². The summed E-state index contributed by atoms with van der Waals surface area (Å²) in [6, 6.07) is 0. The summed E-state index contributed by atoms with van der Waals surface area (Å²) in [4.78, 5) is 0. The van der Waals surface area contributed by atoms with Crippen LogP contribution in [0.25, 0.3) is 0 Å². The molecule has 0 aromatic heterocycles. The van der Waals surface area contributed by atoms with Gasteiger partial charge in [0.15, 0.2) is 0 Å². The molecule has 0 aromatic rings. The van der Waals surface area contributed by atoms with Crippen LogP contribution < -0.4 is 0 Å². The van der Waals surface area contributed by atoms with Gasteiger partial charge in [-0.2, -0.15) is 0 Å². The van der Waals surface area contributed by atoms with E-state index in [4.69, 9.17) is 0 Å². The molecule has 1 nitrogen and oxygen atoms in total. The zero-order valence-corrected chi connectivity index (χ0v) is 17.6. The molecule has 2 aliphatic rings. The summed E-state index contributed by atoms with van der Waals surface area (Å²) in [6.07, 6.45) is 22.2. The minimum absolute atomic E-state index is 0.358. The molecular weight excluding hydrogens is 304 g/mol. The van der Waals surface area contributed by atoms with Crippen molar-refractivity contribution < 1.29 is 5.11 Å². The van der Waals surface area contributed by atoms with Crippen LogP contribution in [0.4, 0.5) is 0 Å². The number of hydrogen-bond donors (Lipinski definition) is 1. The molecule has 2 atom stereocenters. The average Bonchev–Trinajstić information content (AvgIpc) is 2.66. The summed E-state index contributed by atoms with van der Waals surface area (Å²) in [5, 5.41) is 11.9. The fourth-order valence-electron chi connectivity index (χ4n) is 6.08. The second-order valence-electron chi connectivity index (χ2n) is 9.81. The summed E-state index contributed by atoms with van der Waals surface area (Å²) in [5.41, 5.74) is -0.0350. The van der Waals surface area contributed by atoms with Gasteiger partial charge < -0.3 is 5.11 Å². The van der Waals surface area contributed by atoms with E-state index >= 15 is 0 Å². The van der Waals surface area contributed by atoms with Crippen molar-refractivity contribution in [1.29, 1.82) is 0 Å². The summed E-state index contributed by atoms with van der Waals surface area (Å²) < 4.78 is 0. The number of hydrogen-bond acceptors (Lipinski definition) is 1. The number of aliphatic hydroxyl groups is 1. The Labute approximate surface area is 158 Å². The third kappa shape index (κ3) is 5.98. The first-order valence-corrected chi connectivity index (χ1v) is 11.8. The highest BCUT2D eigenvalue weighted by Crippen LogP contribution is 2.51. The normalized spacial score (nSPS) is 25.4. The Morgan fingerprint density at radius 3 is 1.72 bits per heavy atom. The molecule has 148 valence electrons. The molecule has 1 heteroatoms. The van der Waals surface area contributed by atoms with Gasteiger partial charge in [-0.15, -0.1) is 0 Å². The predicted octanol–water partition coefficient (Wildman–Crippen LogP) is 7.65. The maximum atomic E-state index is 11.9. The number of unbranched alkanes of at least 4 members (excludes halogenated alkanes) is 2.